The number of hydrogen-bond acceptors (Lipinski definition) is 3. The van der Waals surface area contributed by atoms with Gasteiger partial charge in [0.2, 0.25) is 0 Å². The number of amides is 1. The third kappa shape index (κ3) is 3.62. The van der Waals surface area contributed by atoms with E-state index in [1.807, 2.05) is 45.0 Å². The molecular formula is C25H31NO3. The van der Waals surface area contributed by atoms with Crippen LogP contribution in [0.15, 0.2) is 36.4 Å². The number of aliphatic hydroxyl groups is 1. The second-order valence-electron chi connectivity index (χ2n) is 9.17. The van der Waals surface area contributed by atoms with E-state index in [0.717, 1.165) is 17.5 Å². The van der Waals surface area contributed by atoms with E-state index < -0.39 is 11.5 Å². The first kappa shape index (κ1) is 21.3. The van der Waals surface area contributed by atoms with Crippen LogP contribution in [0.1, 0.15) is 73.1 Å². The average Bonchev–Trinajstić information content (AvgIpc) is 2.83. The van der Waals surface area contributed by atoms with Crippen molar-refractivity contribution in [2.45, 2.75) is 65.4 Å². The molecule has 1 N–H and O–H groups in total. The summed E-state index contributed by atoms with van der Waals surface area (Å²) in [6.45, 7) is 12.8. The third-order valence-electron chi connectivity index (χ3n) is 5.78. The summed E-state index contributed by atoms with van der Waals surface area (Å²) in [6, 6.07) is 11.3. The Kier molecular flexibility index (Phi) is 5.44. The molecule has 0 spiro atoms. The number of fused-ring (bicyclic) bond motifs is 1. The summed E-state index contributed by atoms with van der Waals surface area (Å²) >= 11 is 0. The first-order valence-corrected chi connectivity index (χ1v) is 10.3. The summed E-state index contributed by atoms with van der Waals surface area (Å²) in [7, 11) is 0. The highest BCUT2D eigenvalue weighted by molar-refractivity contribution is 6.11. The number of carbonyl (C=O) groups is 2. The van der Waals surface area contributed by atoms with E-state index in [1.165, 1.54) is 5.56 Å². The van der Waals surface area contributed by atoms with Crippen molar-refractivity contribution in [3.63, 3.8) is 0 Å². The fourth-order valence-corrected chi connectivity index (χ4v) is 4.28. The number of benzene rings is 2. The van der Waals surface area contributed by atoms with Crippen LogP contribution in [0.2, 0.25) is 0 Å². The first-order chi connectivity index (χ1) is 13.5. The largest absolute Gasteiger partial charge is 0.375 e. The molecule has 0 radical (unpaired) electrons. The summed E-state index contributed by atoms with van der Waals surface area (Å²) < 4.78 is 0. The maximum absolute atomic E-state index is 13.3. The van der Waals surface area contributed by atoms with Crippen LogP contribution in [0.4, 0.5) is 5.69 Å². The second-order valence-corrected chi connectivity index (χ2v) is 9.17. The molecular weight excluding hydrogens is 362 g/mol. The maximum Gasteiger partial charge on any atom is 0.264 e. The SMILES string of the molecule is CCCN1C(=O)[C@](O)(CC(=O)c2c(C)cc(C(C)(C)C)cc2C)c2ccccc21. The van der Waals surface area contributed by atoms with Gasteiger partial charge in [-0.2, -0.15) is 0 Å². The van der Waals surface area contributed by atoms with Gasteiger partial charge in [-0.15, -0.1) is 0 Å². The third-order valence-corrected chi connectivity index (χ3v) is 5.78. The number of para-hydroxylation sites is 1. The fourth-order valence-electron chi connectivity index (χ4n) is 4.28. The van der Waals surface area contributed by atoms with Crippen molar-refractivity contribution < 1.29 is 14.7 Å². The molecule has 154 valence electrons. The van der Waals surface area contributed by atoms with Gasteiger partial charge in [0.25, 0.3) is 5.91 Å². The van der Waals surface area contributed by atoms with Crippen molar-refractivity contribution in [1.82, 2.24) is 0 Å². The molecule has 2 aromatic rings. The molecule has 0 fully saturated rings. The Morgan fingerprint density at radius 2 is 1.69 bits per heavy atom. The van der Waals surface area contributed by atoms with Gasteiger partial charge in [-0.3, -0.25) is 9.59 Å². The normalized spacial score (nSPS) is 18.9. The summed E-state index contributed by atoms with van der Waals surface area (Å²) in [5.74, 6) is -0.611. The van der Waals surface area contributed by atoms with Gasteiger partial charge in [0.1, 0.15) is 0 Å². The number of aryl methyl sites for hydroxylation is 2. The molecule has 0 saturated heterocycles. The Balaban J connectivity index is 2.00. The molecule has 0 aromatic heterocycles. The zero-order chi connectivity index (χ0) is 21.6. The van der Waals surface area contributed by atoms with Crippen LogP contribution in [-0.2, 0) is 15.8 Å². The maximum atomic E-state index is 13.3. The highest BCUT2D eigenvalue weighted by atomic mass is 16.3. The van der Waals surface area contributed by atoms with Crippen LogP contribution in [0.25, 0.3) is 0 Å². The molecule has 4 nitrogen and oxygen atoms in total. The van der Waals surface area contributed by atoms with Gasteiger partial charge in [0.15, 0.2) is 11.4 Å². The lowest BCUT2D eigenvalue weighted by Gasteiger charge is -2.25. The van der Waals surface area contributed by atoms with Crippen LogP contribution in [0, 0.1) is 13.8 Å². The first-order valence-electron chi connectivity index (χ1n) is 10.3. The van der Waals surface area contributed by atoms with Crippen LogP contribution in [-0.4, -0.2) is 23.3 Å². The zero-order valence-electron chi connectivity index (χ0n) is 18.3. The van der Waals surface area contributed by atoms with E-state index in [0.29, 0.717) is 23.4 Å². The van der Waals surface area contributed by atoms with Gasteiger partial charge in [0.05, 0.1) is 12.1 Å². The highest BCUT2D eigenvalue weighted by Crippen LogP contribution is 2.43. The predicted octanol–water partition coefficient (Wildman–Crippen LogP) is 4.82. The van der Waals surface area contributed by atoms with Crippen molar-refractivity contribution in [2.75, 3.05) is 11.4 Å². The van der Waals surface area contributed by atoms with E-state index in [1.54, 1.807) is 17.0 Å². The number of carbonyl (C=O) groups excluding carboxylic acids is 2. The van der Waals surface area contributed by atoms with Crippen molar-refractivity contribution >= 4 is 17.4 Å². The average molecular weight is 394 g/mol. The summed E-state index contributed by atoms with van der Waals surface area (Å²) in [5, 5.41) is 11.4. The predicted molar refractivity (Wildman–Crippen MR) is 117 cm³/mol. The van der Waals surface area contributed by atoms with Gasteiger partial charge < -0.3 is 10.0 Å². The molecule has 1 atom stereocenters. The van der Waals surface area contributed by atoms with Crippen LogP contribution >= 0.6 is 0 Å². The molecule has 1 aliphatic heterocycles. The number of ketones is 1. The van der Waals surface area contributed by atoms with E-state index >= 15 is 0 Å². The van der Waals surface area contributed by atoms with Gasteiger partial charge in [-0.25, -0.2) is 0 Å². The second kappa shape index (κ2) is 7.42. The minimum atomic E-state index is -1.82. The Hall–Kier alpha value is -2.46. The Morgan fingerprint density at radius 3 is 2.24 bits per heavy atom. The number of nitrogens with zero attached hydrogens (tertiary/aromatic N) is 1. The van der Waals surface area contributed by atoms with Crippen molar-refractivity contribution in [3.8, 4) is 0 Å². The number of rotatable bonds is 5. The van der Waals surface area contributed by atoms with Gasteiger partial charge in [-0.05, 0) is 48.4 Å². The van der Waals surface area contributed by atoms with Crippen LogP contribution < -0.4 is 4.90 Å². The van der Waals surface area contributed by atoms with E-state index in [-0.39, 0.29) is 17.6 Å². The lowest BCUT2D eigenvalue weighted by atomic mass is 9.81. The minimum absolute atomic E-state index is 0.0175. The highest BCUT2D eigenvalue weighted by Gasteiger charge is 2.50. The minimum Gasteiger partial charge on any atom is -0.375 e. The number of Topliss-reactive ketones (excluding diaryl/α,β-unsaturated/α-hetero) is 1. The van der Waals surface area contributed by atoms with E-state index in [4.69, 9.17) is 0 Å². The number of hydrogen-bond donors (Lipinski definition) is 1. The van der Waals surface area contributed by atoms with Crippen molar-refractivity contribution in [2.24, 2.45) is 0 Å². The Morgan fingerprint density at radius 1 is 1.10 bits per heavy atom. The molecule has 1 aliphatic rings. The van der Waals surface area contributed by atoms with E-state index in [2.05, 4.69) is 20.8 Å². The topological polar surface area (TPSA) is 57.6 Å². The van der Waals surface area contributed by atoms with Gasteiger partial charge in [-0.1, -0.05) is 58.0 Å². The zero-order valence-corrected chi connectivity index (χ0v) is 18.3. The molecule has 1 amide bonds. The van der Waals surface area contributed by atoms with E-state index in [9.17, 15) is 14.7 Å². The Bertz CT molecular complexity index is 947. The van der Waals surface area contributed by atoms with Crippen molar-refractivity contribution in [3.05, 3.63) is 64.2 Å². The van der Waals surface area contributed by atoms with Crippen LogP contribution in [0.5, 0.6) is 0 Å². The lowest BCUT2D eigenvalue weighted by Crippen LogP contribution is -2.42. The summed E-state index contributed by atoms with van der Waals surface area (Å²) in [5.41, 5.74) is 2.92. The quantitative estimate of drug-likeness (QED) is 0.741. The molecule has 0 saturated carbocycles. The van der Waals surface area contributed by atoms with Gasteiger partial charge in [0, 0.05) is 17.7 Å². The molecule has 3 rings (SSSR count). The lowest BCUT2D eigenvalue weighted by molar-refractivity contribution is -0.135. The molecule has 0 aliphatic carbocycles. The van der Waals surface area contributed by atoms with Gasteiger partial charge >= 0.3 is 0 Å². The summed E-state index contributed by atoms with van der Waals surface area (Å²) in [4.78, 5) is 28.0. The Labute approximate surface area is 173 Å². The molecule has 0 bridgehead atoms. The number of anilines is 1. The molecule has 4 heteroatoms. The molecule has 29 heavy (non-hydrogen) atoms. The smallest absolute Gasteiger partial charge is 0.264 e. The summed E-state index contributed by atoms with van der Waals surface area (Å²) in [6.07, 6.45) is 0.524. The monoisotopic (exact) mass is 393 g/mol. The molecule has 2 aromatic carbocycles. The standard InChI is InChI=1S/C25H31NO3/c1-7-12-26-20-11-9-8-10-19(20)25(29,23(26)28)15-21(27)22-16(2)13-18(14-17(22)3)24(4,5)6/h8-11,13-14,29H,7,12,15H2,1-6H3/t25-/m0/s1. The molecule has 1 heterocycles. The molecule has 0 unspecified atom stereocenters. The van der Waals surface area contributed by atoms with Crippen molar-refractivity contribution in [1.29, 1.82) is 0 Å². The van der Waals surface area contributed by atoms with Crippen LogP contribution in [0.3, 0.4) is 0 Å². The fraction of sp³-hybridized carbons (Fsp3) is 0.440.